The zero-order valence-electron chi connectivity index (χ0n) is 10.7. The molecule has 0 unspecified atom stereocenters. The van der Waals surface area contributed by atoms with Crippen molar-refractivity contribution >= 4 is 11.6 Å². The fourth-order valence-corrected chi connectivity index (χ4v) is 1.52. The summed E-state index contributed by atoms with van der Waals surface area (Å²) >= 11 is 0. The Balaban J connectivity index is 2.59. The predicted octanol–water partition coefficient (Wildman–Crippen LogP) is 1.42. The van der Waals surface area contributed by atoms with Gasteiger partial charge in [-0.1, -0.05) is 12.1 Å². The first kappa shape index (κ1) is 13.7. The number of nitrogens with one attached hydrogen (secondary N) is 1. The van der Waals surface area contributed by atoms with Gasteiger partial charge in [-0.3, -0.25) is 9.69 Å². The average molecular weight is 235 g/mol. The molecule has 1 aromatic carbocycles. The van der Waals surface area contributed by atoms with Crippen LogP contribution in [0.2, 0.25) is 0 Å². The minimum atomic E-state index is -0.0494. The van der Waals surface area contributed by atoms with E-state index in [1.54, 1.807) is 0 Å². The van der Waals surface area contributed by atoms with Gasteiger partial charge in [-0.25, -0.2) is 0 Å². The molecule has 0 fully saturated rings. The van der Waals surface area contributed by atoms with E-state index in [1.165, 1.54) is 12.5 Å². The number of benzene rings is 1. The van der Waals surface area contributed by atoms with Gasteiger partial charge >= 0.3 is 0 Å². The molecule has 0 aromatic heterocycles. The van der Waals surface area contributed by atoms with Crippen LogP contribution in [0.4, 0.5) is 5.69 Å². The largest absolute Gasteiger partial charge is 0.329 e. The van der Waals surface area contributed by atoms with Crippen molar-refractivity contribution in [1.82, 2.24) is 4.90 Å². The zero-order chi connectivity index (χ0) is 12.8. The summed E-state index contributed by atoms with van der Waals surface area (Å²) in [6, 6.07) is 8.23. The normalized spacial score (nSPS) is 12.5. The van der Waals surface area contributed by atoms with Crippen LogP contribution in [0.3, 0.4) is 0 Å². The van der Waals surface area contributed by atoms with Crippen molar-refractivity contribution in [3.8, 4) is 0 Å². The fraction of sp³-hybridized carbons (Fsp3) is 0.462. The van der Waals surface area contributed by atoms with Gasteiger partial charge in [-0.2, -0.15) is 0 Å². The van der Waals surface area contributed by atoms with E-state index in [0.29, 0.717) is 12.6 Å². The van der Waals surface area contributed by atoms with Crippen LogP contribution in [0.25, 0.3) is 0 Å². The third-order valence-corrected chi connectivity index (χ3v) is 2.80. The maximum atomic E-state index is 10.9. The summed E-state index contributed by atoms with van der Waals surface area (Å²) in [4.78, 5) is 13.1. The van der Waals surface area contributed by atoms with Crippen molar-refractivity contribution in [3.63, 3.8) is 0 Å². The summed E-state index contributed by atoms with van der Waals surface area (Å²) in [5.74, 6) is -0.0494. The number of anilines is 1. The van der Waals surface area contributed by atoms with E-state index in [4.69, 9.17) is 5.73 Å². The zero-order valence-corrected chi connectivity index (χ0v) is 10.7. The Morgan fingerprint density at radius 2 is 2.00 bits per heavy atom. The molecule has 0 aliphatic rings. The highest BCUT2D eigenvalue weighted by Gasteiger charge is 2.07. The lowest BCUT2D eigenvalue weighted by molar-refractivity contribution is -0.114. The molecule has 0 heterocycles. The van der Waals surface area contributed by atoms with E-state index in [2.05, 4.69) is 24.2 Å². The minimum Gasteiger partial charge on any atom is -0.329 e. The Bertz CT molecular complexity index is 361. The lowest BCUT2D eigenvalue weighted by Gasteiger charge is -2.23. The van der Waals surface area contributed by atoms with Crippen LogP contribution in [-0.2, 0) is 11.3 Å². The molecule has 3 N–H and O–H groups in total. The Morgan fingerprint density at radius 1 is 1.41 bits per heavy atom. The molecular weight excluding hydrogens is 214 g/mol. The third kappa shape index (κ3) is 4.54. The number of amides is 1. The molecule has 0 spiro atoms. The number of nitrogens with two attached hydrogens (primary N) is 1. The van der Waals surface area contributed by atoms with Crippen LogP contribution in [0.15, 0.2) is 24.3 Å². The summed E-state index contributed by atoms with van der Waals surface area (Å²) in [7, 11) is 2.05. The number of carbonyl (C=O) groups is 1. The van der Waals surface area contributed by atoms with Gasteiger partial charge in [0.2, 0.25) is 5.91 Å². The van der Waals surface area contributed by atoms with Gasteiger partial charge in [0.25, 0.3) is 0 Å². The SMILES string of the molecule is CC(=O)Nc1ccc(CN(C)[C@H](C)CN)cc1. The van der Waals surface area contributed by atoms with Crippen molar-refractivity contribution in [1.29, 1.82) is 0 Å². The quantitative estimate of drug-likeness (QED) is 0.811. The molecule has 0 saturated heterocycles. The highest BCUT2D eigenvalue weighted by Crippen LogP contribution is 2.11. The number of hydrogen-bond donors (Lipinski definition) is 2. The van der Waals surface area contributed by atoms with Crippen LogP contribution < -0.4 is 11.1 Å². The Kier molecular flexibility index (Phi) is 5.12. The summed E-state index contributed by atoms with van der Waals surface area (Å²) in [6.45, 7) is 5.12. The van der Waals surface area contributed by atoms with E-state index in [-0.39, 0.29) is 5.91 Å². The third-order valence-electron chi connectivity index (χ3n) is 2.80. The van der Waals surface area contributed by atoms with E-state index in [9.17, 15) is 4.79 Å². The smallest absolute Gasteiger partial charge is 0.221 e. The number of likely N-dealkylation sites (N-methyl/N-ethyl adjacent to an activating group) is 1. The number of hydrogen-bond acceptors (Lipinski definition) is 3. The van der Waals surface area contributed by atoms with Crippen LogP contribution in [0.1, 0.15) is 19.4 Å². The van der Waals surface area contributed by atoms with Crippen LogP contribution in [0.5, 0.6) is 0 Å². The topological polar surface area (TPSA) is 58.4 Å². The lowest BCUT2D eigenvalue weighted by atomic mass is 10.1. The molecule has 17 heavy (non-hydrogen) atoms. The summed E-state index contributed by atoms with van der Waals surface area (Å²) in [6.07, 6.45) is 0. The molecule has 1 rings (SSSR count). The van der Waals surface area contributed by atoms with Gasteiger partial charge in [0, 0.05) is 31.7 Å². The lowest BCUT2D eigenvalue weighted by Crippen LogP contribution is -2.34. The number of carbonyl (C=O) groups excluding carboxylic acids is 1. The minimum absolute atomic E-state index is 0.0494. The highest BCUT2D eigenvalue weighted by molar-refractivity contribution is 5.88. The van der Waals surface area contributed by atoms with E-state index < -0.39 is 0 Å². The van der Waals surface area contributed by atoms with E-state index >= 15 is 0 Å². The predicted molar refractivity (Wildman–Crippen MR) is 70.7 cm³/mol. The first-order valence-electron chi connectivity index (χ1n) is 5.79. The fourth-order valence-electron chi connectivity index (χ4n) is 1.52. The summed E-state index contributed by atoms with van der Waals surface area (Å²) in [5, 5.41) is 2.75. The standard InChI is InChI=1S/C13H21N3O/c1-10(8-14)16(3)9-12-4-6-13(7-5-12)15-11(2)17/h4-7,10H,8-9,14H2,1-3H3,(H,15,17)/t10-/m1/s1. The van der Waals surface area contributed by atoms with Gasteiger partial charge in [-0.15, -0.1) is 0 Å². The second-order valence-corrected chi connectivity index (χ2v) is 4.38. The molecule has 4 heteroatoms. The maximum absolute atomic E-state index is 10.9. The Hall–Kier alpha value is -1.39. The molecule has 0 saturated carbocycles. The van der Waals surface area contributed by atoms with Gasteiger partial charge in [0.1, 0.15) is 0 Å². The van der Waals surface area contributed by atoms with Gasteiger partial charge in [0.15, 0.2) is 0 Å². The van der Waals surface area contributed by atoms with Gasteiger partial charge in [-0.05, 0) is 31.7 Å². The van der Waals surface area contributed by atoms with Crippen molar-refractivity contribution in [2.24, 2.45) is 5.73 Å². The van der Waals surface area contributed by atoms with E-state index in [1.807, 2.05) is 24.3 Å². The number of rotatable bonds is 5. The molecule has 1 atom stereocenters. The molecule has 0 radical (unpaired) electrons. The molecular formula is C13H21N3O. The first-order chi connectivity index (χ1) is 8.02. The molecule has 1 amide bonds. The second kappa shape index (κ2) is 6.37. The average Bonchev–Trinajstić information content (AvgIpc) is 2.30. The maximum Gasteiger partial charge on any atom is 0.221 e. The van der Waals surface area contributed by atoms with Crippen LogP contribution in [-0.4, -0.2) is 30.4 Å². The molecule has 0 aliphatic heterocycles. The van der Waals surface area contributed by atoms with Crippen molar-refractivity contribution in [2.45, 2.75) is 26.4 Å². The molecule has 0 bridgehead atoms. The Labute approximate surface area is 103 Å². The molecule has 0 aliphatic carbocycles. The monoisotopic (exact) mass is 235 g/mol. The summed E-state index contributed by atoms with van der Waals surface area (Å²) in [5.41, 5.74) is 7.66. The van der Waals surface area contributed by atoms with Crippen LogP contribution >= 0.6 is 0 Å². The van der Waals surface area contributed by atoms with Crippen molar-refractivity contribution in [2.75, 3.05) is 18.9 Å². The number of nitrogens with zero attached hydrogens (tertiary/aromatic N) is 1. The van der Waals surface area contributed by atoms with Crippen LogP contribution in [0, 0.1) is 0 Å². The van der Waals surface area contributed by atoms with Gasteiger partial charge < -0.3 is 11.1 Å². The Morgan fingerprint density at radius 3 is 2.47 bits per heavy atom. The second-order valence-electron chi connectivity index (χ2n) is 4.38. The summed E-state index contributed by atoms with van der Waals surface area (Å²) < 4.78 is 0. The van der Waals surface area contributed by atoms with Crippen molar-refractivity contribution < 1.29 is 4.79 Å². The molecule has 1 aromatic rings. The molecule has 94 valence electrons. The van der Waals surface area contributed by atoms with E-state index in [0.717, 1.165) is 12.2 Å². The van der Waals surface area contributed by atoms with Crippen molar-refractivity contribution in [3.05, 3.63) is 29.8 Å². The molecule has 4 nitrogen and oxygen atoms in total. The first-order valence-corrected chi connectivity index (χ1v) is 5.79. The highest BCUT2D eigenvalue weighted by atomic mass is 16.1. The van der Waals surface area contributed by atoms with Gasteiger partial charge in [0.05, 0.1) is 0 Å².